The first-order chi connectivity index (χ1) is 39.3. The number of carboxylic acid groups (broad SMARTS) is 4. The summed E-state index contributed by atoms with van der Waals surface area (Å²) >= 11 is 0. The van der Waals surface area contributed by atoms with E-state index in [9.17, 15) is 48.6 Å². The van der Waals surface area contributed by atoms with Gasteiger partial charge in [0.1, 0.15) is 48.3 Å². The van der Waals surface area contributed by atoms with Gasteiger partial charge in [-0.1, -0.05) is 0 Å². The van der Waals surface area contributed by atoms with Crippen molar-refractivity contribution in [2.24, 2.45) is 32.9 Å². The molecule has 0 unspecified atom stereocenters. The quantitative estimate of drug-likeness (QED) is 0.00971. The number of nitrogens with zero attached hydrogens (tertiary/aromatic N) is 2. The predicted octanol–water partition coefficient (Wildman–Crippen LogP) is 0.808. The Balaban J connectivity index is 1.08. The van der Waals surface area contributed by atoms with Gasteiger partial charge in [0.15, 0.2) is 11.9 Å². The number of aliphatic carboxylic acids is 4. The molecule has 30 nitrogen and oxygen atoms in total. The Bertz CT molecular complexity index is 2650. The molecule has 0 fully saturated rings. The molecule has 0 radical (unpaired) electrons. The van der Waals surface area contributed by atoms with Gasteiger partial charge in [0.2, 0.25) is 0 Å². The summed E-state index contributed by atoms with van der Waals surface area (Å²) in [6.07, 6.45) is -1.79. The highest BCUT2D eigenvalue weighted by molar-refractivity contribution is 6.00. The van der Waals surface area contributed by atoms with Gasteiger partial charge in [-0.25, -0.2) is 29.2 Å². The summed E-state index contributed by atoms with van der Waals surface area (Å²) in [5.41, 5.74) is 22.1. The van der Waals surface area contributed by atoms with Crippen LogP contribution >= 0.6 is 0 Å². The van der Waals surface area contributed by atoms with Crippen molar-refractivity contribution in [1.29, 1.82) is 0 Å². The fourth-order valence-corrected chi connectivity index (χ4v) is 6.54. The highest BCUT2D eigenvalue weighted by atomic mass is 16.6. The van der Waals surface area contributed by atoms with Crippen LogP contribution in [0.4, 0.5) is 11.4 Å². The molecule has 0 aromatic heterocycles. The number of ether oxygens (including phenoxy) is 10. The standard InChI is InChI=1S/C52H62N8O22/c53-51(54)57-35-5-1-31(2-6-35)49(71)81-39-25-33(45(65)59-41(47(67)68)29-43(61)62)23-37(27-39)79-21-19-77-17-15-75-13-11-73-9-10-74-12-14-76-16-18-78-20-22-80-38-24-34(46(66)60-42(48(69)70)30-44(63)64)26-40(28-38)82-50(72)32-3-7-36(8-4-32)58-52(55)56/h1-8,23-28,41-42H,9-22,29-30H2,(H,59,65)(H,60,66)(H,61,62)(H,63,64)(H,67,68)(H,69,70)(H4,53,54,57)(H4,55,56,58)/t41-,42-/m0/s1. The van der Waals surface area contributed by atoms with Gasteiger partial charge in [-0.3, -0.25) is 19.2 Å². The SMILES string of the molecule is NC(N)=Nc1ccc(C(=O)Oc2cc(OCCOCCOCCOCCOCCOCCOCCOc3cc(OC(=O)c4ccc(N=C(N)N)cc4)cc(C(=O)N[C@@H](CC(=O)O)C(=O)O)c3)cc(C(=O)N[C@@H](CC(=O)O)C(=O)O)c2)cc1. The number of carbonyl (C=O) groups excluding carboxylic acids is 4. The van der Waals surface area contributed by atoms with Crippen LogP contribution in [0.3, 0.4) is 0 Å². The van der Waals surface area contributed by atoms with E-state index in [0.717, 1.165) is 12.1 Å². The van der Waals surface area contributed by atoms with E-state index < -0.39 is 72.6 Å². The Morgan fingerprint density at radius 2 is 0.671 bits per heavy atom. The Labute approximate surface area is 467 Å². The first kappa shape index (κ1) is 65.1. The largest absolute Gasteiger partial charge is 0.491 e. The maximum absolute atomic E-state index is 13.0. The van der Waals surface area contributed by atoms with Crippen LogP contribution in [0.1, 0.15) is 54.3 Å². The van der Waals surface area contributed by atoms with Gasteiger partial charge in [0, 0.05) is 23.3 Å². The van der Waals surface area contributed by atoms with E-state index >= 15 is 0 Å². The smallest absolute Gasteiger partial charge is 0.343 e. The minimum Gasteiger partial charge on any atom is -0.491 e. The second kappa shape index (κ2) is 35.2. The van der Waals surface area contributed by atoms with Crippen LogP contribution in [0, 0.1) is 0 Å². The number of nitrogens with two attached hydrogens (primary N) is 4. The van der Waals surface area contributed by atoms with E-state index in [-0.39, 0.29) is 136 Å². The van der Waals surface area contributed by atoms with E-state index in [4.69, 9.17) is 80.5 Å². The third kappa shape index (κ3) is 25.6. The number of nitrogens with one attached hydrogen (secondary N) is 2. The van der Waals surface area contributed by atoms with Crippen molar-refractivity contribution < 1.29 is 106 Å². The van der Waals surface area contributed by atoms with Gasteiger partial charge in [0.25, 0.3) is 11.8 Å². The summed E-state index contributed by atoms with van der Waals surface area (Å²) in [6.45, 7) is 2.61. The fraction of sp³-hybridized carbons (Fsp3) is 0.346. The van der Waals surface area contributed by atoms with Crippen LogP contribution in [0.2, 0.25) is 0 Å². The Morgan fingerprint density at radius 3 is 0.939 bits per heavy atom. The van der Waals surface area contributed by atoms with Crippen molar-refractivity contribution in [3.05, 3.63) is 107 Å². The fourth-order valence-electron chi connectivity index (χ4n) is 6.54. The number of esters is 2. The minimum absolute atomic E-state index is 0.0302. The van der Waals surface area contributed by atoms with Crippen LogP contribution in [0.5, 0.6) is 23.0 Å². The third-order valence-corrected chi connectivity index (χ3v) is 10.2. The van der Waals surface area contributed by atoms with Crippen molar-refractivity contribution in [1.82, 2.24) is 10.6 Å². The highest BCUT2D eigenvalue weighted by Crippen LogP contribution is 2.27. The summed E-state index contributed by atoms with van der Waals surface area (Å²) in [6, 6.07) is 15.4. The zero-order valence-electron chi connectivity index (χ0n) is 43.9. The molecule has 0 aliphatic rings. The molecule has 4 aromatic carbocycles. The summed E-state index contributed by atoms with van der Waals surface area (Å²) in [7, 11) is 0. The third-order valence-electron chi connectivity index (χ3n) is 10.2. The summed E-state index contributed by atoms with van der Waals surface area (Å²) in [5, 5.41) is 41.2. The predicted molar refractivity (Wildman–Crippen MR) is 285 cm³/mol. The Kier molecular flexibility index (Phi) is 27.9. The van der Waals surface area contributed by atoms with Crippen LogP contribution < -0.4 is 52.5 Å². The molecule has 0 bridgehead atoms. The lowest BCUT2D eigenvalue weighted by Gasteiger charge is -2.15. The lowest BCUT2D eigenvalue weighted by Crippen LogP contribution is -2.42. The summed E-state index contributed by atoms with van der Waals surface area (Å²) in [4.78, 5) is 105. The number of hydrogen-bond acceptors (Lipinski definition) is 20. The average molecular weight is 1150 g/mol. The first-order valence-electron chi connectivity index (χ1n) is 24.6. The molecule has 0 saturated heterocycles. The zero-order chi connectivity index (χ0) is 59.8. The monoisotopic (exact) mass is 1150 g/mol. The van der Waals surface area contributed by atoms with Crippen LogP contribution in [0.15, 0.2) is 94.9 Å². The molecule has 0 aliphatic carbocycles. The molecule has 2 amide bonds. The van der Waals surface area contributed by atoms with Crippen LogP contribution in [-0.2, 0) is 47.6 Å². The van der Waals surface area contributed by atoms with E-state index in [0.29, 0.717) is 24.6 Å². The number of carbonyl (C=O) groups is 8. The molecule has 0 spiro atoms. The van der Waals surface area contributed by atoms with Crippen LogP contribution in [0.25, 0.3) is 0 Å². The number of rotatable bonds is 39. The van der Waals surface area contributed by atoms with Crippen molar-refractivity contribution in [3.8, 4) is 23.0 Å². The second-order valence-corrected chi connectivity index (χ2v) is 16.6. The first-order valence-corrected chi connectivity index (χ1v) is 24.6. The summed E-state index contributed by atoms with van der Waals surface area (Å²) < 4.78 is 55.5. The van der Waals surface area contributed by atoms with Crippen molar-refractivity contribution >= 4 is 70.9 Å². The van der Waals surface area contributed by atoms with Gasteiger partial charge >= 0.3 is 35.8 Å². The summed E-state index contributed by atoms with van der Waals surface area (Å²) in [5.74, 6) is -10.2. The Hall–Kier alpha value is -9.46. The number of aliphatic imine (C=N–C) groups is 2. The van der Waals surface area contributed by atoms with Gasteiger partial charge in [-0.05, 0) is 72.8 Å². The number of amides is 2. The molecule has 4 aromatic rings. The lowest BCUT2D eigenvalue weighted by molar-refractivity contribution is -0.145. The molecular formula is C52H62N8O22. The lowest BCUT2D eigenvalue weighted by atomic mass is 10.1. The molecular weight excluding hydrogens is 1090 g/mol. The second-order valence-electron chi connectivity index (χ2n) is 16.6. The highest BCUT2D eigenvalue weighted by Gasteiger charge is 2.26. The van der Waals surface area contributed by atoms with Crippen molar-refractivity contribution in [2.45, 2.75) is 24.9 Å². The Morgan fingerprint density at radius 1 is 0.390 bits per heavy atom. The molecule has 4 rings (SSSR count). The van der Waals surface area contributed by atoms with Gasteiger partial charge in [-0.2, -0.15) is 0 Å². The molecule has 82 heavy (non-hydrogen) atoms. The number of carboxylic acids is 4. The van der Waals surface area contributed by atoms with E-state index in [1.807, 2.05) is 0 Å². The van der Waals surface area contributed by atoms with E-state index in [1.54, 1.807) is 0 Å². The van der Waals surface area contributed by atoms with E-state index in [2.05, 4.69) is 20.6 Å². The number of benzene rings is 4. The molecule has 0 heterocycles. The maximum Gasteiger partial charge on any atom is 0.343 e. The van der Waals surface area contributed by atoms with Crippen molar-refractivity contribution in [3.63, 3.8) is 0 Å². The van der Waals surface area contributed by atoms with E-state index in [1.165, 1.54) is 72.8 Å². The molecule has 442 valence electrons. The molecule has 2 atom stereocenters. The molecule has 30 heteroatoms. The molecule has 0 saturated carbocycles. The van der Waals surface area contributed by atoms with Gasteiger partial charge < -0.3 is 101 Å². The number of hydrogen-bond donors (Lipinski definition) is 10. The average Bonchev–Trinajstić information content (AvgIpc) is 3.63. The topological polar surface area (TPSA) is 463 Å². The molecule has 14 N–H and O–H groups in total. The minimum atomic E-state index is -1.75. The normalized spacial score (nSPS) is 11.5. The van der Waals surface area contributed by atoms with Gasteiger partial charge in [-0.15, -0.1) is 0 Å². The van der Waals surface area contributed by atoms with Crippen LogP contribution in [-0.4, -0.2) is 185 Å². The number of guanidine groups is 2. The van der Waals surface area contributed by atoms with Gasteiger partial charge in [0.05, 0.1) is 115 Å². The zero-order valence-corrected chi connectivity index (χ0v) is 43.9. The molecule has 0 aliphatic heterocycles. The van der Waals surface area contributed by atoms with Crippen molar-refractivity contribution in [2.75, 3.05) is 92.5 Å². The maximum atomic E-state index is 13.0.